The summed E-state index contributed by atoms with van der Waals surface area (Å²) >= 11 is 5.27. The quantitative estimate of drug-likeness (QED) is 0.283. The fourth-order valence-electron chi connectivity index (χ4n) is 2.81. The van der Waals surface area contributed by atoms with Crippen LogP contribution in [0.15, 0.2) is 23.3 Å². The summed E-state index contributed by atoms with van der Waals surface area (Å²) in [6, 6.07) is 5.77. The summed E-state index contributed by atoms with van der Waals surface area (Å²) in [5, 5.41) is 8.07. The normalized spacial score (nSPS) is 17.4. The molecule has 3 N–H and O–H groups in total. The van der Waals surface area contributed by atoms with Crippen LogP contribution in [0.3, 0.4) is 0 Å². The van der Waals surface area contributed by atoms with Crippen molar-refractivity contribution in [2.75, 3.05) is 46.2 Å². The summed E-state index contributed by atoms with van der Waals surface area (Å²) in [6.45, 7) is 8.12. The zero-order chi connectivity index (χ0) is 17.5. The van der Waals surface area contributed by atoms with Crippen molar-refractivity contribution in [2.45, 2.75) is 13.3 Å². The molecule has 8 heteroatoms. The summed E-state index contributed by atoms with van der Waals surface area (Å²) < 4.78 is 16.1. The van der Waals surface area contributed by atoms with E-state index in [1.54, 1.807) is 4.90 Å². The maximum atomic E-state index is 5.38. The van der Waals surface area contributed by atoms with E-state index < -0.39 is 0 Å². The molecule has 3 rings (SSSR count). The van der Waals surface area contributed by atoms with E-state index in [0.717, 1.165) is 68.6 Å². The van der Waals surface area contributed by atoms with Gasteiger partial charge >= 0.3 is 0 Å². The number of nitrogens with one attached hydrogen (secondary N) is 3. The largest absolute Gasteiger partial charge is 0.454 e. The van der Waals surface area contributed by atoms with Gasteiger partial charge in [-0.25, -0.2) is 0 Å². The van der Waals surface area contributed by atoms with Crippen LogP contribution in [0.25, 0.3) is 0 Å². The SMILES string of the molecule is C/C(=N/NC(=S)NCCC[NH+]1CCOCC1)c1ccc2c(c1)OCO2. The number of ether oxygens (including phenoxy) is 3. The Hall–Kier alpha value is -1.90. The molecule has 2 heterocycles. The molecular formula is C17H25N4O3S+. The first-order valence-corrected chi connectivity index (χ1v) is 9.02. The molecule has 0 saturated carbocycles. The van der Waals surface area contributed by atoms with Gasteiger partial charge in [-0.15, -0.1) is 0 Å². The van der Waals surface area contributed by atoms with Gasteiger partial charge in [0, 0.05) is 18.5 Å². The minimum Gasteiger partial charge on any atom is -0.454 e. The second-order valence-electron chi connectivity index (χ2n) is 6.10. The smallest absolute Gasteiger partial charge is 0.231 e. The molecular weight excluding hydrogens is 340 g/mol. The van der Waals surface area contributed by atoms with E-state index in [-0.39, 0.29) is 6.79 Å². The van der Waals surface area contributed by atoms with Gasteiger partial charge in [0.2, 0.25) is 6.79 Å². The molecule has 1 aromatic rings. The maximum absolute atomic E-state index is 5.38. The van der Waals surface area contributed by atoms with Crippen LogP contribution in [0.2, 0.25) is 0 Å². The van der Waals surface area contributed by atoms with Gasteiger partial charge in [-0.2, -0.15) is 5.10 Å². The van der Waals surface area contributed by atoms with Gasteiger partial charge in [-0.05, 0) is 37.3 Å². The monoisotopic (exact) mass is 365 g/mol. The molecule has 25 heavy (non-hydrogen) atoms. The van der Waals surface area contributed by atoms with Gasteiger partial charge in [0.15, 0.2) is 16.6 Å². The highest BCUT2D eigenvalue weighted by atomic mass is 32.1. The van der Waals surface area contributed by atoms with Gasteiger partial charge in [0.1, 0.15) is 13.1 Å². The van der Waals surface area contributed by atoms with Gasteiger partial charge in [-0.3, -0.25) is 5.43 Å². The topological polar surface area (TPSA) is 68.6 Å². The summed E-state index contributed by atoms with van der Waals surface area (Å²) in [5.41, 5.74) is 4.70. The lowest BCUT2D eigenvalue weighted by Crippen LogP contribution is -3.14. The highest BCUT2D eigenvalue weighted by Crippen LogP contribution is 2.32. The molecule has 2 aliphatic heterocycles. The first-order valence-electron chi connectivity index (χ1n) is 8.62. The average Bonchev–Trinajstić information content (AvgIpc) is 3.12. The molecule has 0 unspecified atom stereocenters. The summed E-state index contributed by atoms with van der Waals surface area (Å²) in [4.78, 5) is 1.60. The van der Waals surface area contributed by atoms with Gasteiger partial charge in [0.05, 0.1) is 25.5 Å². The van der Waals surface area contributed by atoms with Crippen molar-refractivity contribution >= 4 is 23.0 Å². The minimum absolute atomic E-state index is 0.271. The lowest BCUT2D eigenvalue weighted by molar-refractivity contribution is -0.908. The Morgan fingerprint density at radius 2 is 2.04 bits per heavy atom. The van der Waals surface area contributed by atoms with E-state index in [2.05, 4.69) is 15.8 Å². The Morgan fingerprint density at radius 1 is 1.24 bits per heavy atom. The Balaban J connectivity index is 1.38. The highest BCUT2D eigenvalue weighted by Gasteiger charge is 2.14. The van der Waals surface area contributed by atoms with Gasteiger partial charge in [-0.1, -0.05) is 0 Å². The lowest BCUT2D eigenvalue weighted by atomic mass is 10.1. The van der Waals surface area contributed by atoms with Crippen LogP contribution in [0.1, 0.15) is 18.9 Å². The zero-order valence-corrected chi connectivity index (χ0v) is 15.3. The summed E-state index contributed by atoms with van der Waals surface area (Å²) in [6.07, 6.45) is 1.07. The second kappa shape index (κ2) is 8.98. The predicted molar refractivity (Wildman–Crippen MR) is 99.5 cm³/mol. The van der Waals surface area contributed by atoms with E-state index in [0.29, 0.717) is 5.11 Å². The van der Waals surface area contributed by atoms with Gasteiger partial charge in [0.25, 0.3) is 0 Å². The Bertz CT molecular complexity index is 632. The first kappa shape index (κ1) is 17.9. The van der Waals surface area contributed by atoms with Crippen molar-refractivity contribution in [3.05, 3.63) is 23.8 Å². The molecule has 7 nitrogen and oxygen atoms in total. The number of nitrogens with zero attached hydrogens (tertiary/aromatic N) is 1. The predicted octanol–water partition coefficient (Wildman–Crippen LogP) is -0.0914. The van der Waals surface area contributed by atoms with Crippen molar-refractivity contribution < 1.29 is 19.1 Å². The number of morpholine rings is 1. The number of hydrazone groups is 1. The van der Waals surface area contributed by atoms with Crippen LogP contribution >= 0.6 is 12.2 Å². The Kier molecular flexibility index (Phi) is 6.43. The number of rotatable bonds is 6. The third kappa shape index (κ3) is 5.29. The van der Waals surface area contributed by atoms with Crippen LogP contribution < -0.4 is 25.1 Å². The molecule has 2 aliphatic rings. The highest BCUT2D eigenvalue weighted by molar-refractivity contribution is 7.80. The number of thiocarbonyl (C=S) groups is 1. The van der Waals surface area contributed by atoms with E-state index in [4.69, 9.17) is 26.4 Å². The van der Waals surface area contributed by atoms with Crippen molar-refractivity contribution in [1.29, 1.82) is 0 Å². The van der Waals surface area contributed by atoms with E-state index in [1.807, 2.05) is 25.1 Å². The lowest BCUT2D eigenvalue weighted by Gasteiger charge is -2.23. The van der Waals surface area contributed by atoms with Crippen molar-refractivity contribution in [1.82, 2.24) is 10.7 Å². The average molecular weight is 365 g/mol. The molecule has 1 fully saturated rings. The van der Waals surface area contributed by atoms with Crippen molar-refractivity contribution in [3.8, 4) is 11.5 Å². The molecule has 0 aromatic heterocycles. The molecule has 136 valence electrons. The molecule has 0 aliphatic carbocycles. The molecule has 1 saturated heterocycles. The van der Waals surface area contributed by atoms with Gasteiger partial charge < -0.3 is 24.4 Å². The maximum Gasteiger partial charge on any atom is 0.231 e. The van der Waals surface area contributed by atoms with Crippen LogP contribution in [0, 0.1) is 0 Å². The van der Waals surface area contributed by atoms with Crippen LogP contribution in [-0.2, 0) is 4.74 Å². The first-order chi connectivity index (χ1) is 12.2. The number of fused-ring (bicyclic) bond motifs is 1. The Labute approximate surface area is 153 Å². The second-order valence-corrected chi connectivity index (χ2v) is 6.51. The van der Waals surface area contributed by atoms with Crippen LogP contribution in [-0.4, -0.2) is 57.0 Å². The van der Waals surface area contributed by atoms with Crippen molar-refractivity contribution in [2.24, 2.45) is 5.10 Å². The third-order valence-electron chi connectivity index (χ3n) is 4.31. The van der Waals surface area contributed by atoms with E-state index >= 15 is 0 Å². The number of hydrogen-bond acceptors (Lipinski definition) is 5. The molecule has 0 radical (unpaired) electrons. The molecule has 1 aromatic carbocycles. The van der Waals surface area contributed by atoms with E-state index in [9.17, 15) is 0 Å². The minimum atomic E-state index is 0.271. The Morgan fingerprint density at radius 3 is 2.88 bits per heavy atom. The molecule has 0 atom stereocenters. The zero-order valence-electron chi connectivity index (χ0n) is 14.5. The third-order valence-corrected chi connectivity index (χ3v) is 4.54. The number of quaternary nitrogens is 1. The number of hydrogen-bond donors (Lipinski definition) is 3. The van der Waals surface area contributed by atoms with Crippen LogP contribution in [0.5, 0.6) is 11.5 Å². The molecule has 0 bridgehead atoms. The molecule has 0 spiro atoms. The van der Waals surface area contributed by atoms with Crippen LogP contribution in [0.4, 0.5) is 0 Å². The fraction of sp³-hybridized carbons (Fsp3) is 0.529. The standard InChI is InChI=1S/C17H24N4O3S/c1-13(14-3-4-15-16(11-14)24-12-23-15)19-20-17(25)18-5-2-6-21-7-9-22-10-8-21/h3-4,11H,2,5-10,12H2,1H3,(H2,18,20,25)/p+1/b19-13-. The van der Waals surface area contributed by atoms with Crippen molar-refractivity contribution in [3.63, 3.8) is 0 Å². The summed E-state index contributed by atoms with van der Waals surface area (Å²) in [5.74, 6) is 1.52. The molecule has 0 amide bonds. The number of benzene rings is 1. The summed E-state index contributed by atoms with van der Waals surface area (Å²) in [7, 11) is 0. The van der Waals surface area contributed by atoms with E-state index in [1.165, 1.54) is 0 Å². The fourth-order valence-corrected chi connectivity index (χ4v) is 2.96.